The van der Waals surface area contributed by atoms with Gasteiger partial charge in [-0.3, -0.25) is 4.79 Å². The number of hydrogen-bond acceptors (Lipinski definition) is 3. The highest BCUT2D eigenvalue weighted by Gasteiger charge is 2.14. The molecule has 6 heteroatoms. The topological polar surface area (TPSA) is 44.4 Å². The van der Waals surface area contributed by atoms with Gasteiger partial charge in [-0.25, -0.2) is 0 Å². The average Bonchev–Trinajstić information content (AvgIpc) is 3.22. The van der Waals surface area contributed by atoms with Crippen LogP contribution in [-0.2, 0) is 4.79 Å². The smallest absolute Gasteiger partial charge is 0.171 e. The van der Waals surface area contributed by atoms with Crippen molar-refractivity contribution in [1.29, 1.82) is 0 Å². The zero-order valence-corrected chi connectivity index (χ0v) is 21.1. The molecule has 1 aliphatic rings. The minimum absolute atomic E-state index is 0.132. The second-order valence-electron chi connectivity index (χ2n) is 7.38. The summed E-state index contributed by atoms with van der Waals surface area (Å²) in [6.07, 6.45) is 7.99. The highest BCUT2D eigenvalue weighted by Crippen LogP contribution is 2.14. The first-order valence-corrected chi connectivity index (χ1v) is 12.1. The highest BCUT2D eigenvalue weighted by atomic mass is 127. The van der Waals surface area contributed by atoms with Crippen LogP contribution in [0, 0.1) is 3.57 Å². The highest BCUT2D eigenvalue weighted by molar-refractivity contribution is 14.1. The van der Waals surface area contributed by atoms with E-state index < -0.39 is 0 Å². The molecule has 1 aromatic carbocycles. The molecule has 4 nitrogen and oxygen atoms in total. The SMILES string of the molecule is C=C(CC)N1CCCC1.CCCCC[C@H](NC(=S)Nc1cccc(I)c1)C(C)=O. The Hall–Kier alpha value is -1.15. The van der Waals surface area contributed by atoms with Crippen molar-refractivity contribution in [2.45, 2.75) is 71.8 Å². The molecule has 0 bridgehead atoms. The van der Waals surface area contributed by atoms with E-state index >= 15 is 0 Å². The normalized spacial score (nSPS) is 13.9. The number of anilines is 1. The molecule has 0 unspecified atom stereocenters. The molecule has 2 rings (SSSR count). The van der Waals surface area contributed by atoms with Crippen LogP contribution in [-0.4, -0.2) is 34.9 Å². The lowest BCUT2D eigenvalue weighted by Crippen LogP contribution is -2.41. The quantitative estimate of drug-likeness (QED) is 0.229. The van der Waals surface area contributed by atoms with Crippen molar-refractivity contribution >= 4 is 51.4 Å². The second-order valence-corrected chi connectivity index (χ2v) is 9.04. The van der Waals surface area contributed by atoms with Gasteiger partial charge in [0.15, 0.2) is 10.9 Å². The maximum Gasteiger partial charge on any atom is 0.171 e. The molecule has 0 aromatic heterocycles. The van der Waals surface area contributed by atoms with Crippen molar-refractivity contribution in [3.63, 3.8) is 0 Å². The molecule has 1 aliphatic heterocycles. The Morgan fingerprint density at radius 1 is 1.28 bits per heavy atom. The lowest BCUT2D eigenvalue weighted by molar-refractivity contribution is -0.118. The molecule has 1 heterocycles. The van der Waals surface area contributed by atoms with E-state index in [9.17, 15) is 4.79 Å². The number of unbranched alkanes of at least 4 members (excludes halogenated alkanes) is 2. The van der Waals surface area contributed by atoms with Gasteiger partial charge in [-0.15, -0.1) is 0 Å². The van der Waals surface area contributed by atoms with Crippen LogP contribution in [0.3, 0.4) is 0 Å². The van der Waals surface area contributed by atoms with E-state index in [0.717, 1.165) is 41.4 Å². The van der Waals surface area contributed by atoms with E-state index in [1.165, 1.54) is 31.6 Å². The molecule has 1 atom stereocenters. The van der Waals surface area contributed by atoms with Crippen molar-refractivity contribution in [2.75, 3.05) is 18.4 Å². The molecule has 1 fully saturated rings. The lowest BCUT2D eigenvalue weighted by atomic mass is 10.1. The van der Waals surface area contributed by atoms with Gasteiger partial charge >= 0.3 is 0 Å². The van der Waals surface area contributed by atoms with Gasteiger partial charge in [0, 0.05) is 28.0 Å². The number of thiocarbonyl (C=S) groups is 1. The summed E-state index contributed by atoms with van der Waals surface area (Å²) in [5, 5.41) is 6.74. The van der Waals surface area contributed by atoms with Crippen LogP contribution in [0.2, 0.25) is 0 Å². The van der Waals surface area contributed by atoms with Crippen molar-refractivity contribution < 1.29 is 4.79 Å². The van der Waals surface area contributed by atoms with Crippen LogP contribution in [0.4, 0.5) is 5.69 Å². The van der Waals surface area contributed by atoms with Gasteiger partial charge in [0.1, 0.15) is 0 Å². The minimum Gasteiger partial charge on any atom is -0.375 e. The predicted molar refractivity (Wildman–Crippen MR) is 137 cm³/mol. The number of ketones is 1. The molecule has 2 N–H and O–H groups in total. The molecule has 0 saturated carbocycles. The first-order valence-electron chi connectivity index (χ1n) is 10.6. The van der Waals surface area contributed by atoms with E-state index in [2.05, 4.69) is 58.6 Å². The first-order chi connectivity index (χ1) is 13.9. The number of carbonyl (C=O) groups excluding carboxylic acids is 1. The molecular weight excluding hydrogens is 493 g/mol. The van der Waals surface area contributed by atoms with Gasteiger partial charge in [-0.05, 0) is 85.6 Å². The number of carbonyl (C=O) groups is 1. The molecule has 0 radical (unpaired) electrons. The Bertz CT molecular complexity index is 659. The van der Waals surface area contributed by atoms with Crippen molar-refractivity contribution in [3.05, 3.63) is 40.1 Å². The second kappa shape index (κ2) is 14.8. The Balaban J connectivity index is 0.000000387. The number of benzene rings is 1. The predicted octanol–water partition coefficient (Wildman–Crippen LogP) is 6.12. The van der Waals surface area contributed by atoms with Gasteiger partial charge < -0.3 is 15.5 Å². The summed E-state index contributed by atoms with van der Waals surface area (Å²) < 4.78 is 1.14. The van der Waals surface area contributed by atoms with Gasteiger partial charge in [-0.1, -0.05) is 45.8 Å². The lowest BCUT2D eigenvalue weighted by Gasteiger charge is -2.18. The number of likely N-dealkylation sites (tertiary alicyclic amines) is 1. The number of nitrogens with one attached hydrogen (secondary N) is 2. The Morgan fingerprint density at radius 2 is 1.97 bits per heavy atom. The zero-order chi connectivity index (χ0) is 21.6. The van der Waals surface area contributed by atoms with Gasteiger partial charge in [0.2, 0.25) is 0 Å². The van der Waals surface area contributed by atoms with E-state index in [1.54, 1.807) is 6.92 Å². The minimum atomic E-state index is -0.190. The number of Topliss-reactive ketones (excluding diaryl/α,β-unsaturated/α-hetero) is 1. The maximum atomic E-state index is 11.6. The molecule has 0 spiro atoms. The number of rotatable bonds is 9. The fourth-order valence-electron chi connectivity index (χ4n) is 3.12. The fourth-order valence-corrected chi connectivity index (χ4v) is 3.93. The van der Waals surface area contributed by atoms with Crippen molar-refractivity contribution in [3.8, 4) is 0 Å². The third-order valence-electron chi connectivity index (χ3n) is 4.94. The van der Waals surface area contributed by atoms with Gasteiger partial charge in [0.25, 0.3) is 0 Å². The summed E-state index contributed by atoms with van der Waals surface area (Å²) in [5.41, 5.74) is 2.25. The summed E-state index contributed by atoms with van der Waals surface area (Å²) in [7, 11) is 0. The van der Waals surface area contributed by atoms with Crippen LogP contribution in [0.25, 0.3) is 0 Å². The summed E-state index contributed by atoms with van der Waals surface area (Å²) >= 11 is 7.53. The maximum absolute atomic E-state index is 11.6. The van der Waals surface area contributed by atoms with Gasteiger partial charge in [-0.2, -0.15) is 0 Å². The number of nitrogens with zero attached hydrogens (tertiary/aromatic N) is 1. The number of halogens is 1. The fraction of sp³-hybridized carbons (Fsp3) is 0.565. The van der Waals surface area contributed by atoms with Gasteiger partial charge in [0.05, 0.1) is 6.04 Å². The molecule has 162 valence electrons. The summed E-state index contributed by atoms with van der Waals surface area (Å²) in [6.45, 7) is 12.4. The summed E-state index contributed by atoms with van der Waals surface area (Å²) in [5.74, 6) is 0.132. The molecule has 1 saturated heterocycles. The number of hydrogen-bond donors (Lipinski definition) is 2. The van der Waals surface area contributed by atoms with E-state index in [-0.39, 0.29) is 11.8 Å². The molecule has 29 heavy (non-hydrogen) atoms. The van der Waals surface area contributed by atoms with Crippen LogP contribution >= 0.6 is 34.8 Å². The Labute approximate surface area is 196 Å². The van der Waals surface area contributed by atoms with Crippen molar-refractivity contribution in [2.24, 2.45) is 0 Å². The van der Waals surface area contributed by atoms with Crippen LogP contribution < -0.4 is 10.6 Å². The number of allylic oxidation sites excluding steroid dienone is 1. The summed E-state index contributed by atoms with van der Waals surface area (Å²) in [6, 6.07) is 7.76. The monoisotopic (exact) mass is 529 g/mol. The Kier molecular flexibility index (Phi) is 13.2. The molecule has 0 amide bonds. The van der Waals surface area contributed by atoms with Crippen molar-refractivity contribution in [1.82, 2.24) is 10.2 Å². The third kappa shape index (κ3) is 11.0. The molecule has 0 aliphatic carbocycles. The van der Waals surface area contributed by atoms with Crippen LogP contribution in [0.15, 0.2) is 36.5 Å². The largest absolute Gasteiger partial charge is 0.375 e. The third-order valence-corrected chi connectivity index (χ3v) is 5.83. The first kappa shape index (κ1) is 25.9. The zero-order valence-electron chi connectivity index (χ0n) is 18.1. The van der Waals surface area contributed by atoms with E-state index in [0.29, 0.717) is 5.11 Å². The Morgan fingerprint density at radius 3 is 2.52 bits per heavy atom. The molecular formula is C23H36IN3OS. The molecule has 1 aromatic rings. The van der Waals surface area contributed by atoms with E-state index in [1.807, 2.05) is 24.3 Å². The standard InChI is InChI=1S/C15H21IN2OS.C8H15N/c1-3-4-5-9-14(11(2)19)18-15(20)17-13-8-6-7-12(16)10-13;1-3-8(2)9-6-4-5-7-9/h6-8,10,14H,3-5,9H2,1-2H3,(H2,17,18,20);2-7H2,1H3/t14-;/m0./s1. The summed E-state index contributed by atoms with van der Waals surface area (Å²) in [4.78, 5) is 14.0. The van der Waals surface area contributed by atoms with Crippen LogP contribution in [0.1, 0.15) is 65.7 Å². The van der Waals surface area contributed by atoms with Crippen LogP contribution in [0.5, 0.6) is 0 Å². The average molecular weight is 530 g/mol. The van der Waals surface area contributed by atoms with E-state index in [4.69, 9.17) is 12.2 Å².